The molecule has 0 saturated heterocycles. The van der Waals surface area contributed by atoms with E-state index < -0.39 is 10.0 Å². The molecule has 2 rings (SSSR count). The maximum atomic E-state index is 12.8. The molecule has 0 aliphatic carbocycles. The lowest BCUT2D eigenvalue weighted by molar-refractivity contribution is -0.121. The summed E-state index contributed by atoms with van der Waals surface area (Å²) >= 11 is 0. The SMILES string of the molecule is CCN(CC(=O)NCc1ccco1)S(=O)(=O)c1cc(C)ccc1C. The Bertz CT molecular complexity index is 798. The number of carbonyl (C=O) groups is 1. The lowest BCUT2D eigenvalue weighted by Crippen LogP contribution is -2.40. The minimum Gasteiger partial charge on any atom is -0.467 e. The molecule has 0 fully saturated rings. The van der Waals surface area contributed by atoms with Gasteiger partial charge in [-0.2, -0.15) is 4.31 Å². The third-order valence-electron chi connectivity index (χ3n) is 3.67. The summed E-state index contributed by atoms with van der Waals surface area (Å²) in [5, 5.41) is 2.66. The van der Waals surface area contributed by atoms with Crippen molar-refractivity contribution in [3.63, 3.8) is 0 Å². The van der Waals surface area contributed by atoms with E-state index in [0.29, 0.717) is 11.3 Å². The van der Waals surface area contributed by atoms with Crippen molar-refractivity contribution in [2.75, 3.05) is 13.1 Å². The predicted molar refractivity (Wildman–Crippen MR) is 90.9 cm³/mol. The highest BCUT2D eigenvalue weighted by atomic mass is 32.2. The fourth-order valence-corrected chi connectivity index (χ4v) is 4.02. The molecule has 1 N–H and O–H groups in total. The van der Waals surface area contributed by atoms with Gasteiger partial charge < -0.3 is 9.73 Å². The first kappa shape index (κ1) is 18.2. The zero-order valence-electron chi connectivity index (χ0n) is 14.1. The van der Waals surface area contributed by atoms with Crippen LogP contribution in [0.1, 0.15) is 23.8 Å². The molecule has 0 atom stereocenters. The number of sulfonamides is 1. The molecule has 2 aromatic rings. The summed E-state index contributed by atoms with van der Waals surface area (Å²) in [5.41, 5.74) is 1.52. The van der Waals surface area contributed by atoms with E-state index in [2.05, 4.69) is 5.32 Å². The van der Waals surface area contributed by atoms with Crippen LogP contribution in [0.3, 0.4) is 0 Å². The molecule has 1 aromatic heterocycles. The van der Waals surface area contributed by atoms with Crippen LogP contribution >= 0.6 is 0 Å². The Morgan fingerprint density at radius 1 is 1.25 bits per heavy atom. The quantitative estimate of drug-likeness (QED) is 0.830. The van der Waals surface area contributed by atoms with Crippen LogP contribution in [0, 0.1) is 13.8 Å². The van der Waals surface area contributed by atoms with Crippen LogP contribution in [0.4, 0.5) is 0 Å². The third-order valence-corrected chi connectivity index (χ3v) is 5.74. The zero-order valence-corrected chi connectivity index (χ0v) is 14.9. The highest BCUT2D eigenvalue weighted by molar-refractivity contribution is 7.89. The summed E-state index contributed by atoms with van der Waals surface area (Å²) in [5.74, 6) is 0.242. The van der Waals surface area contributed by atoms with Gasteiger partial charge in [0.05, 0.1) is 24.2 Å². The maximum absolute atomic E-state index is 12.8. The molecule has 0 aliphatic rings. The number of benzene rings is 1. The molecule has 0 saturated carbocycles. The number of rotatable bonds is 7. The molecule has 6 nitrogen and oxygen atoms in total. The minimum atomic E-state index is -3.72. The number of carbonyl (C=O) groups excluding carboxylic acids is 1. The van der Waals surface area contributed by atoms with Gasteiger partial charge in [0.15, 0.2) is 0 Å². The first-order valence-electron chi connectivity index (χ1n) is 7.71. The Morgan fingerprint density at radius 2 is 2.00 bits per heavy atom. The Morgan fingerprint density at radius 3 is 2.62 bits per heavy atom. The summed E-state index contributed by atoms with van der Waals surface area (Å²) in [6, 6.07) is 8.73. The van der Waals surface area contributed by atoms with Crippen molar-refractivity contribution in [1.82, 2.24) is 9.62 Å². The predicted octanol–water partition coefficient (Wildman–Crippen LogP) is 2.22. The van der Waals surface area contributed by atoms with Gasteiger partial charge in [-0.1, -0.05) is 19.1 Å². The van der Waals surface area contributed by atoms with Crippen molar-refractivity contribution >= 4 is 15.9 Å². The number of furan rings is 1. The molecule has 0 aliphatic heterocycles. The Kier molecular flexibility index (Phi) is 5.80. The van der Waals surface area contributed by atoms with Gasteiger partial charge in [-0.15, -0.1) is 0 Å². The van der Waals surface area contributed by atoms with Gasteiger partial charge in [-0.05, 0) is 43.2 Å². The molecular weight excluding hydrogens is 328 g/mol. The maximum Gasteiger partial charge on any atom is 0.243 e. The number of nitrogens with zero attached hydrogens (tertiary/aromatic N) is 1. The molecule has 1 aromatic carbocycles. The second kappa shape index (κ2) is 7.63. The van der Waals surface area contributed by atoms with Gasteiger partial charge in [0, 0.05) is 6.54 Å². The molecule has 7 heteroatoms. The standard InChI is InChI=1S/C17H22N2O4S/c1-4-19(12-17(20)18-11-15-6-5-9-23-15)24(21,22)16-10-13(2)7-8-14(16)3/h5-10H,4,11-12H2,1-3H3,(H,18,20). The Hall–Kier alpha value is -2.12. The fraction of sp³-hybridized carbons (Fsp3) is 0.353. The number of likely N-dealkylation sites (N-methyl/N-ethyl adjacent to an activating group) is 1. The van der Waals surface area contributed by atoms with E-state index in [4.69, 9.17) is 4.42 Å². The number of hydrogen-bond acceptors (Lipinski definition) is 4. The normalized spacial score (nSPS) is 11.7. The largest absolute Gasteiger partial charge is 0.467 e. The monoisotopic (exact) mass is 350 g/mol. The van der Waals surface area contributed by atoms with Gasteiger partial charge in [0.25, 0.3) is 0 Å². The van der Waals surface area contributed by atoms with Crippen LogP contribution in [-0.2, 0) is 21.4 Å². The van der Waals surface area contributed by atoms with E-state index in [1.807, 2.05) is 13.0 Å². The summed E-state index contributed by atoms with van der Waals surface area (Å²) < 4.78 is 32.0. The Balaban J connectivity index is 2.11. The van der Waals surface area contributed by atoms with E-state index in [-0.39, 0.29) is 30.4 Å². The summed E-state index contributed by atoms with van der Waals surface area (Å²) in [4.78, 5) is 12.3. The highest BCUT2D eigenvalue weighted by Gasteiger charge is 2.26. The van der Waals surface area contributed by atoms with Crippen LogP contribution in [0.25, 0.3) is 0 Å². The minimum absolute atomic E-state index is 0.212. The number of nitrogens with one attached hydrogen (secondary N) is 1. The van der Waals surface area contributed by atoms with Gasteiger partial charge in [-0.25, -0.2) is 8.42 Å². The molecule has 0 spiro atoms. The van der Waals surface area contributed by atoms with Crippen LogP contribution in [0.5, 0.6) is 0 Å². The van der Waals surface area contributed by atoms with Crippen molar-refractivity contribution in [2.24, 2.45) is 0 Å². The van der Waals surface area contributed by atoms with Gasteiger partial charge in [0.1, 0.15) is 5.76 Å². The topological polar surface area (TPSA) is 79.6 Å². The molecule has 0 unspecified atom stereocenters. The van der Waals surface area contributed by atoms with Gasteiger partial charge in [0.2, 0.25) is 15.9 Å². The van der Waals surface area contributed by atoms with Crippen LogP contribution in [-0.4, -0.2) is 31.7 Å². The summed E-state index contributed by atoms with van der Waals surface area (Å²) in [7, 11) is -3.72. The van der Waals surface area contributed by atoms with Crippen molar-refractivity contribution < 1.29 is 17.6 Å². The summed E-state index contributed by atoms with van der Waals surface area (Å²) in [6.45, 7) is 5.51. The molecule has 1 heterocycles. The van der Waals surface area contributed by atoms with Crippen LogP contribution in [0.2, 0.25) is 0 Å². The first-order valence-corrected chi connectivity index (χ1v) is 9.15. The molecule has 1 amide bonds. The average Bonchev–Trinajstić information content (AvgIpc) is 3.06. The van der Waals surface area contributed by atoms with Gasteiger partial charge >= 0.3 is 0 Å². The van der Waals surface area contributed by atoms with Crippen LogP contribution < -0.4 is 5.32 Å². The fourth-order valence-electron chi connectivity index (χ4n) is 2.31. The summed E-state index contributed by atoms with van der Waals surface area (Å²) in [6.07, 6.45) is 1.52. The third kappa shape index (κ3) is 4.24. The highest BCUT2D eigenvalue weighted by Crippen LogP contribution is 2.21. The lowest BCUT2D eigenvalue weighted by atomic mass is 10.2. The zero-order chi connectivity index (χ0) is 17.7. The second-order valence-corrected chi connectivity index (χ2v) is 7.46. The number of hydrogen-bond donors (Lipinski definition) is 1. The molecule has 0 radical (unpaired) electrons. The number of aryl methyl sites for hydroxylation is 2. The lowest BCUT2D eigenvalue weighted by Gasteiger charge is -2.21. The van der Waals surface area contributed by atoms with Gasteiger partial charge in [-0.3, -0.25) is 4.79 Å². The van der Waals surface area contributed by atoms with E-state index in [1.165, 1.54) is 10.6 Å². The molecule has 130 valence electrons. The van der Waals surface area contributed by atoms with Crippen LogP contribution in [0.15, 0.2) is 45.9 Å². The second-order valence-electron chi connectivity index (χ2n) is 5.56. The molecular formula is C17H22N2O4S. The Labute approximate surface area is 142 Å². The van der Waals surface area contributed by atoms with Crippen molar-refractivity contribution in [3.8, 4) is 0 Å². The number of amides is 1. The van der Waals surface area contributed by atoms with E-state index >= 15 is 0 Å². The first-order chi connectivity index (χ1) is 11.3. The molecule has 0 bridgehead atoms. The average molecular weight is 350 g/mol. The van der Waals surface area contributed by atoms with Crippen molar-refractivity contribution in [1.29, 1.82) is 0 Å². The van der Waals surface area contributed by atoms with E-state index in [9.17, 15) is 13.2 Å². The smallest absolute Gasteiger partial charge is 0.243 e. The van der Waals surface area contributed by atoms with E-state index in [0.717, 1.165) is 5.56 Å². The van der Waals surface area contributed by atoms with E-state index in [1.54, 1.807) is 38.1 Å². The molecule has 24 heavy (non-hydrogen) atoms. The van der Waals surface area contributed by atoms with Crippen molar-refractivity contribution in [3.05, 3.63) is 53.5 Å². The van der Waals surface area contributed by atoms with Crippen molar-refractivity contribution in [2.45, 2.75) is 32.2 Å².